The maximum absolute atomic E-state index is 10.3. The van der Waals surface area contributed by atoms with Gasteiger partial charge < -0.3 is 29.7 Å². The average Bonchev–Trinajstić information content (AvgIpc) is 2.70. The Balaban J connectivity index is -0.000000174. The molecule has 0 aliphatic carbocycles. The number of carbonyl (C=O) groups is 3. The van der Waals surface area contributed by atoms with E-state index >= 15 is 0 Å². The summed E-state index contributed by atoms with van der Waals surface area (Å²) in [6.45, 7) is 11.8. The standard InChI is InChI=1S/3C8H16O2.Sm/c3*1-3-5-6-7(4-2)8(9)10;/h3*7H,3-6H2,1-2H3,(H,9,10);/q;;;+3/p-3. The SMILES string of the molecule is CCCCC(CC)C(=O)[O-].CCCCC(CC)C(=O)[O-].CCCCC(CC)C(=O)[O-].[Sm+3]. The molecule has 7 heteroatoms. The van der Waals surface area contributed by atoms with Gasteiger partial charge in [0.2, 0.25) is 0 Å². The monoisotopic (exact) mass is 581 g/mol. The second kappa shape index (κ2) is 27.8. The Morgan fingerprint density at radius 1 is 0.516 bits per heavy atom. The van der Waals surface area contributed by atoms with Gasteiger partial charge in [-0.1, -0.05) is 80.1 Å². The Bertz CT molecular complexity index is 366. The average molecular weight is 580 g/mol. The molecule has 31 heavy (non-hydrogen) atoms. The molecule has 0 rings (SSSR count). The van der Waals surface area contributed by atoms with Crippen LogP contribution in [-0.2, 0) is 14.4 Å². The topological polar surface area (TPSA) is 120 Å². The zero-order chi connectivity index (χ0) is 23.9. The van der Waals surface area contributed by atoms with Gasteiger partial charge in [-0.05, 0) is 56.3 Å². The largest absolute Gasteiger partial charge is 3.00 e. The first kappa shape index (κ1) is 38.0. The maximum atomic E-state index is 10.3. The summed E-state index contributed by atoms with van der Waals surface area (Å²) >= 11 is 0. The minimum absolute atomic E-state index is 0. The molecule has 0 aliphatic rings. The summed E-state index contributed by atoms with van der Waals surface area (Å²) in [6.07, 6.45) is 10.6. The number of hydrogen-bond donors (Lipinski definition) is 0. The number of carboxylic acid groups (broad SMARTS) is 3. The van der Waals surface area contributed by atoms with Gasteiger partial charge in [-0.3, -0.25) is 0 Å². The van der Waals surface area contributed by atoms with Crippen molar-refractivity contribution < 1.29 is 70.1 Å². The third-order valence-electron chi connectivity index (χ3n) is 5.20. The van der Waals surface area contributed by atoms with Crippen molar-refractivity contribution in [3.05, 3.63) is 0 Å². The number of carbonyl (C=O) groups excluding carboxylic acids is 3. The number of rotatable bonds is 15. The Morgan fingerprint density at radius 3 is 0.806 bits per heavy atom. The first-order valence-corrected chi connectivity index (χ1v) is 11.8. The van der Waals surface area contributed by atoms with Gasteiger partial charge in [0.1, 0.15) is 0 Å². The van der Waals surface area contributed by atoms with Gasteiger partial charge in [0, 0.05) is 17.9 Å². The van der Waals surface area contributed by atoms with E-state index in [1.165, 1.54) is 0 Å². The minimum atomic E-state index is -0.893. The second-order valence-corrected chi connectivity index (χ2v) is 7.70. The molecule has 0 N–H and O–H groups in total. The zero-order valence-electron chi connectivity index (χ0n) is 20.6. The van der Waals surface area contributed by atoms with Crippen molar-refractivity contribution in [3.8, 4) is 0 Å². The van der Waals surface area contributed by atoms with Gasteiger partial charge in [-0.15, -0.1) is 0 Å². The molecular formula is C24H45O6Sm. The van der Waals surface area contributed by atoms with Gasteiger partial charge in [-0.25, -0.2) is 0 Å². The summed E-state index contributed by atoms with van der Waals surface area (Å²) in [5, 5.41) is 31.0. The van der Waals surface area contributed by atoms with Crippen LogP contribution in [0.5, 0.6) is 0 Å². The molecular weight excluding hydrogens is 535 g/mol. The van der Waals surface area contributed by atoms with Crippen molar-refractivity contribution in [3.63, 3.8) is 0 Å². The molecule has 0 saturated heterocycles. The van der Waals surface area contributed by atoms with Gasteiger partial charge in [0.15, 0.2) is 0 Å². The molecule has 0 fully saturated rings. The fraction of sp³-hybridized carbons (Fsp3) is 0.875. The van der Waals surface area contributed by atoms with Crippen LogP contribution in [0.25, 0.3) is 0 Å². The fourth-order valence-corrected chi connectivity index (χ4v) is 2.82. The number of hydrogen-bond acceptors (Lipinski definition) is 6. The number of aliphatic carboxylic acids is 3. The van der Waals surface area contributed by atoms with E-state index in [2.05, 4.69) is 20.8 Å². The second-order valence-electron chi connectivity index (χ2n) is 7.70. The van der Waals surface area contributed by atoms with Crippen LogP contribution in [0.15, 0.2) is 0 Å². The summed E-state index contributed by atoms with van der Waals surface area (Å²) in [7, 11) is 0. The van der Waals surface area contributed by atoms with Crippen LogP contribution in [0.1, 0.15) is 119 Å². The van der Waals surface area contributed by atoms with E-state index in [0.717, 1.165) is 57.8 Å². The first-order valence-electron chi connectivity index (χ1n) is 11.8. The van der Waals surface area contributed by atoms with E-state index < -0.39 is 17.9 Å². The Kier molecular flexibility index (Phi) is 34.1. The number of carboxylic acids is 3. The molecule has 1 radical (unpaired) electrons. The predicted molar refractivity (Wildman–Crippen MR) is 115 cm³/mol. The van der Waals surface area contributed by atoms with Crippen molar-refractivity contribution >= 4 is 17.9 Å². The van der Waals surface area contributed by atoms with Crippen LogP contribution in [0.2, 0.25) is 0 Å². The van der Waals surface area contributed by atoms with Gasteiger partial charge in [0.25, 0.3) is 0 Å². The summed E-state index contributed by atoms with van der Waals surface area (Å²) in [4.78, 5) is 31.0. The smallest absolute Gasteiger partial charge is 0.550 e. The zero-order valence-corrected chi connectivity index (χ0v) is 23.2. The minimum Gasteiger partial charge on any atom is -0.550 e. The van der Waals surface area contributed by atoms with E-state index in [9.17, 15) is 29.7 Å². The van der Waals surface area contributed by atoms with E-state index in [1.54, 1.807) is 0 Å². The predicted octanol–water partition coefficient (Wildman–Crippen LogP) is 2.86. The first-order chi connectivity index (χ1) is 14.2. The molecule has 0 heterocycles. The van der Waals surface area contributed by atoms with Gasteiger partial charge in [0.05, 0.1) is 0 Å². The molecule has 0 aliphatic heterocycles. The molecule has 3 unspecified atom stereocenters. The molecule has 0 aromatic heterocycles. The molecule has 183 valence electrons. The van der Waals surface area contributed by atoms with E-state index in [1.807, 2.05) is 20.8 Å². The van der Waals surface area contributed by atoms with Crippen LogP contribution in [-0.4, -0.2) is 17.9 Å². The quantitative estimate of drug-likeness (QED) is 0.294. The fourth-order valence-electron chi connectivity index (χ4n) is 2.82. The van der Waals surface area contributed by atoms with E-state index in [-0.39, 0.29) is 58.1 Å². The number of unbranched alkanes of at least 4 members (excludes halogenated alkanes) is 3. The summed E-state index contributed by atoms with van der Waals surface area (Å²) in [6, 6.07) is 0. The van der Waals surface area contributed by atoms with Crippen LogP contribution in [0.3, 0.4) is 0 Å². The Hall–Kier alpha value is -0.252. The third-order valence-corrected chi connectivity index (χ3v) is 5.20. The van der Waals surface area contributed by atoms with Crippen LogP contribution < -0.4 is 15.3 Å². The van der Waals surface area contributed by atoms with Crippen molar-refractivity contribution in [2.45, 2.75) is 119 Å². The maximum Gasteiger partial charge on any atom is 3.00 e. The summed E-state index contributed by atoms with van der Waals surface area (Å²) < 4.78 is 0. The molecule has 6 nitrogen and oxygen atoms in total. The molecule has 0 spiro atoms. The Labute approximate surface area is 223 Å². The summed E-state index contributed by atoms with van der Waals surface area (Å²) in [5.74, 6) is -3.34. The molecule has 0 aromatic carbocycles. The van der Waals surface area contributed by atoms with E-state index in [0.29, 0.717) is 19.3 Å². The van der Waals surface area contributed by atoms with Crippen LogP contribution in [0, 0.1) is 58.1 Å². The normalized spacial score (nSPS) is 12.6. The van der Waals surface area contributed by atoms with Crippen molar-refractivity contribution in [2.24, 2.45) is 17.8 Å². The Morgan fingerprint density at radius 2 is 0.710 bits per heavy atom. The molecule has 0 amide bonds. The van der Waals surface area contributed by atoms with Crippen LogP contribution in [0.4, 0.5) is 0 Å². The molecule has 3 atom stereocenters. The van der Waals surface area contributed by atoms with Crippen molar-refractivity contribution in [1.82, 2.24) is 0 Å². The van der Waals surface area contributed by atoms with E-state index in [4.69, 9.17) is 0 Å². The third kappa shape index (κ3) is 25.9. The van der Waals surface area contributed by atoms with Crippen molar-refractivity contribution in [1.29, 1.82) is 0 Å². The molecule has 0 saturated carbocycles. The molecule has 0 bridgehead atoms. The van der Waals surface area contributed by atoms with Crippen LogP contribution >= 0.6 is 0 Å². The van der Waals surface area contributed by atoms with Crippen molar-refractivity contribution in [2.75, 3.05) is 0 Å². The van der Waals surface area contributed by atoms with Gasteiger partial charge >= 0.3 is 40.4 Å². The van der Waals surface area contributed by atoms with Gasteiger partial charge in [-0.2, -0.15) is 0 Å². The molecule has 0 aromatic rings. The summed E-state index contributed by atoms with van der Waals surface area (Å²) in [5.41, 5.74) is 0.